The molecule has 0 spiro atoms. The Bertz CT molecular complexity index is 946. The van der Waals surface area contributed by atoms with Gasteiger partial charge >= 0.3 is 7.12 Å². The van der Waals surface area contributed by atoms with E-state index in [0.717, 1.165) is 11.0 Å². The molecule has 1 saturated heterocycles. The highest BCUT2D eigenvalue weighted by atomic mass is 19.1. The number of hydrogen-bond acceptors (Lipinski definition) is 4. The molecule has 31 heavy (non-hydrogen) atoms. The molecule has 0 aromatic heterocycles. The lowest BCUT2D eigenvalue weighted by molar-refractivity contribution is -0.127. The molecule has 6 nitrogen and oxygen atoms in total. The van der Waals surface area contributed by atoms with Gasteiger partial charge in [0, 0.05) is 6.42 Å². The van der Waals surface area contributed by atoms with E-state index in [9.17, 15) is 14.0 Å². The zero-order chi connectivity index (χ0) is 22.8. The Morgan fingerprint density at radius 1 is 1.03 bits per heavy atom. The molecule has 0 unspecified atom stereocenters. The molecule has 1 fully saturated rings. The van der Waals surface area contributed by atoms with Crippen LogP contribution in [0.3, 0.4) is 0 Å². The average molecular weight is 426 g/mol. The first kappa shape index (κ1) is 23.0. The number of carbonyl (C=O) groups excluding carboxylic acids is 2. The summed E-state index contributed by atoms with van der Waals surface area (Å²) >= 11 is 0. The second-order valence-electron chi connectivity index (χ2n) is 8.86. The lowest BCUT2D eigenvalue weighted by Gasteiger charge is -2.32. The highest BCUT2D eigenvalue weighted by molar-refractivity contribution is 6.62. The minimum absolute atomic E-state index is 0.0393. The number of amides is 2. The summed E-state index contributed by atoms with van der Waals surface area (Å²) in [6.45, 7) is 7.97. The van der Waals surface area contributed by atoms with Crippen LogP contribution in [0.25, 0.3) is 0 Å². The molecule has 0 bridgehead atoms. The summed E-state index contributed by atoms with van der Waals surface area (Å²) in [6, 6.07) is 12.4. The summed E-state index contributed by atoms with van der Waals surface area (Å²) in [4.78, 5) is 24.2. The van der Waals surface area contributed by atoms with Crippen molar-refractivity contribution in [3.63, 3.8) is 0 Å². The third-order valence-electron chi connectivity index (χ3n) is 5.88. The van der Waals surface area contributed by atoms with Gasteiger partial charge in [0.15, 0.2) is 0 Å². The summed E-state index contributed by atoms with van der Waals surface area (Å²) in [5.41, 5.74) is 6.84. The van der Waals surface area contributed by atoms with Crippen molar-refractivity contribution in [2.75, 3.05) is 0 Å². The van der Waals surface area contributed by atoms with Gasteiger partial charge in [0.1, 0.15) is 11.9 Å². The van der Waals surface area contributed by atoms with Gasteiger partial charge in [0.25, 0.3) is 0 Å². The molecule has 3 rings (SSSR count). The molecular weight excluding hydrogens is 398 g/mol. The quantitative estimate of drug-likeness (QED) is 0.662. The second-order valence-corrected chi connectivity index (χ2v) is 8.86. The maximum Gasteiger partial charge on any atom is 0.494 e. The molecule has 8 heteroatoms. The van der Waals surface area contributed by atoms with Crippen LogP contribution < -0.4 is 16.5 Å². The van der Waals surface area contributed by atoms with E-state index in [1.54, 1.807) is 6.07 Å². The van der Waals surface area contributed by atoms with Crippen LogP contribution >= 0.6 is 0 Å². The first-order valence-electron chi connectivity index (χ1n) is 10.2. The highest BCUT2D eigenvalue weighted by Gasteiger charge is 2.51. The van der Waals surface area contributed by atoms with E-state index >= 15 is 0 Å². The van der Waals surface area contributed by atoms with Gasteiger partial charge in [-0.3, -0.25) is 9.59 Å². The number of halogens is 1. The Morgan fingerprint density at radius 3 is 2.19 bits per heavy atom. The van der Waals surface area contributed by atoms with Crippen LogP contribution in [0.2, 0.25) is 0 Å². The third-order valence-corrected chi connectivity index (χ3v) is 5.88. The van der Waals surface area contributed by atoms with E-state index in [1.165, 1.54) is 18.2 Å². The molecular formula is C23H28BFN2O4. The number of carbonyl (C=O) groups is 2. The fraction of sp³-hybridized carbons (Fsp3) is 0.391. The topological polar surface area (TPSA) is 90.6 Å². The lowest BCUT2D eigenvalue weighted by atomic mass is 9.78. The summed E-state index contributed by atoms with van der Waals surface area (Å²) in [7, 11) is -0.475. The zero-order valence-corrected chi connectivity index (χ0v) is 18.3. The van der Waals surface area contributed by atoms with Crippen LogP contribution in [0.15, 0.2) is 48.5 Å². The predicted octanol–water partition coefficient (Wildman–Crippen LogP) is 1.88. The number of primary amides is 1. The van der Waals surface area contributed by atoms with E-state index in [2.05, 4.69) is 5.32 Å². The smallest absolute Gasteiger partial charge is 0.399 e. The van der Waals surface area contributed by atoms with E-state index < -0.39 is 42.0 Å². The van der Waals surface area contributed by atoms with Crippen LogP contribution in [0, 0.1) is 5.82 Å². The predicted molar refractivity (Wildman–Crippen MR) is 117 cm³/mol. The minimum atomic E-state index is -0.872. The number of nitrogens with one attached hydrogen (secondary N) is 1. The molecule has 2 aromatic carbocycles. The van der Waals surface area contributed by atoms with Crippen LogP contribution in [-0.2, 0) is 31.7 Å². The normalized spacial score (nSPS) is 17.9. The molecule has 164 valence electrons. The van der Waals surface area contributed by atoms with Crippen LogP contribution in [0.4, 0.5) is 4.39 Å². The molecule has 1 atom stereocenters. The first-order chi connectivity index (χ1) is 14.5. The second kappa shape index (κ2) is 8.81. The molecule has 1 aliphatic rings. The van der Waals surface area contributed by atoms with Crippen molar-refractivity contribution in [2.45, 2.75) is 57.8 Å². The van der Waals surface area contributed by atoms with Crippen molar-refractivity contribution in [1.82, 2.24) is 5.32 Å². The van der Waals surface area contributed by atoms with Crippen molar-refractivity contribution in [1.29, 1.82) is 0 Å². The third kappa shape index (κ3) is 5.51. The number of hydrogen-bond donors (Lipinski definition) is 2. The van der Waals surface area contributed by atoms with Crippen LogP contribution in [0.5, 0.6) is 0 Å². The molecule has 0 radical (unpaired) electrons. The molecule has 1 heterocycles. The van der Waals surface area contributed by atoms with Crippen molar-refractivity contribution < 1.29 is 23.3 Å². The Hall–Kier alpha value is -2.71. The van der Waals surface area contributed by atoms with Gasteiger partial charge in [-0.05, 0) is 56.4 Å². The van der Waals surface area contributed by atoms with Crippen LogP contribution in [0.1, 0.15) is 38.8 Å². The van der Waals surface area contributed by atoms with Gasteiger partial charge in [0.2, 0.25) is 11.8 Å². The first-order valence-corrected chi connectivity index (χ1v) is 10.2. The minimum Gasteiger partial charge on any atom is -0.399 e. The Balaban J connectivity index is 1.63. The van der Waals surface area contributed by atoms with E-state index in [1.807, 2.05) is 52.0 Å². The van der Waals surface area contributed by atoms with Crippen LogP contribution in [-0.4, -0.2) is 36.2 Å². The number of benzene rings is 2. The molecule has 2 aromatic rings. The largest absolute Gasteiger partial charge is 0.494 e. The summed E-state index contributed by atoms with van der Waals surface area (Å²) in [5, 5.41) is 2.64. The van der Waals surface area contributed by atoms with Gasteiger partial charge in [0.05, 0.1) is 17.6 Å². The van der Waals surface area contributed by atoms with Gasteiger partial charge in [-0.15, -0.1) is 0 Å². The average Bonchev–Trinajstić information content (AvgIpc) is 2.89. The zero-order valence-electron chi connectivity index (χ0n) is 18.3. The SMILES string of the molecule is CC1(C)OB(c2ccc(C[C@H](NC(=O)Cc3cccc(F)c3)C(N)=O)cc2)OC1(C)C. The Kier molecular flexibility index (Phi) is 6.52. The number of nitrogens with two attached hydrogens (primary N) is 1. The fourth-order valence-corrected chi connectivity index (χ4v) is 3.33. The van der Waals surface area contributed by atoms with Crippen molar-refractivity contribution in [3.05, 3.63) is 65.5 Å². The summed E-state index contributed by atoms with van der Waals surface area (Å²) in [5.74, 6) is -1.45. The molecule has 0 saturated carbocycles. The summed E-state index contributed by atoms with van der Waals surface area (Å²) < 4.78 is 25.4. The van der Waals surface area contributed by atoms with Crippen molar-refractivity contribution in [3.8, 4) is 0 Å². The monoisotopic (exact) mass is 426 g/mol. The Labute approximate surface area is 182 Å². The van der Waals surface area contributed by atoms with Crippen molar-refractivity contribution >= 4 is 24.4 Å². The van der Waals surface area contributed by atoms with Gasteiger partial charge < -0.3 is 20.4 Å². The molecule has 2 amide bonds. The fourth-order valence-electron chi connectivity index (χ4n) is 3.33. The molecule has 3 N–H and O–H groups in total. The van der Waals surface area contributed by atoms with E-state index in [0.29, 0.717) is 5.56 Å². The standard InChI is InChI=1S/C23H28BFN2O4/c1-22(2)23(3,4)31-24(30-22)17-10-8-15(9-11-17)13-19(21(26)29)27-20(28)14-16-6-5-7-18(25)12-16/h5-12,19H,13-14H2,1-4H3,(H2,26,29)(H,27,28)/t19-/m0/s1. The van der Waals surface area contributed by atoms with Gasteiger partial charge in [-0.25, -0.2) is 4.39 Å². The molecule has 0 aliphatic carbocycles. The maximum absolute atomic E-state index is 13.3. The Morgan fingerprint density at radius 2 is 1.65 bits per heavy atom. The molecule has 1 aliphatic heterocycles. The number of rotatable bonds is 7. The van der Waals surface area contributed by atoms with Gasteiger partial charge in [-0.2, -0.15) is 0 Å². The highest BCUT2D eigenvalue weighted by Crippen LogP contribution is 2.36. The van der Waals surface area contributed by atoms with E-state index in [-0.39, 0.29) is 12.8 Å². The van der Waals surface area contributed by atoms with Crippen molar-refractivity contribution in [2.24, 2.45) is 5.73 Å². The van der Waals surface area contributed by atoms with E-state index in [4.69, 9.17) is 15.0 Å². The van der Waals surface area contributed by atoms with Gasteiger partial charge in [-0.1, -0.05) is 36.4 Å². The summed E-state index contributed by atoms with van der Waals surface area (Å²) in [6.07, 6.45) is 0.205. The maximum atomic E-state index is 13.3. The lowest BCUT2D eigenvalue weighted by Crippen LogP contribution is -2.46.